The van der Waals surface area contributed by atoms with Gasteiger partial charge in [-0.1, -0.05) is 6.92 Å². The monoisotopic (exact) mass is 233 g/mol. The normalized spacial score (nSPS) is 12.6. The van der Waals surface area contributed by atoms with E-state index in [4.69, 9.17) is 0 Å². The third-order valence-corrected chi connectivity index (χ3v) is 3.49. The second-order valence-electron chi connectivity index (χ2n) is 3.77. The molecular weight excluding hydrogens is 218 g/mol. The molecule has 0 bridgehead atoms. The molecule has 84 valence electrons. The summed E-state index contributed by atoms with van der Waals surface area (Å²) in [6, 6.07) is 3.97. The van der Waals surface area contributed by atoms with Gasteiger partial charge in [0.1, 0.15) is 0 Å². The lowest BCUT2D eigenvalue weighted by molar-refractivity contribution is 0.674. The molecule has 16 heavy (non-hydrogen) atoms. The highest BCUT2D eigenvalue weighted by Crippen LogP contribution is 2.25. The number of aromatic nitrogens is 2. The molecule has 1 atom stereocenters. The van der Waals surface area contributed by atoms with Gasteiger partial charge in [-0.15, -0.1) is 11.3 Å². The molecule has 0 aromatic carbocycles. The molecule has 4 heteroatoms. The molecule has 0 fully saturated rings. The maximum atomic E-state index is 4.64. The van der Waals surface area contributed by atoms with E-state index in [1.54, 1.807) is 17.5 Å². The Hall–Kier alpha value is -1.26. The van der Waals surface area contributed by atoms with Gasteiger partial charge in [0.15, 0.2) is 0 Å². The Morgan fingerprint density at radius 2 is 2.38 bits per heavy atom. The molecule has 0 saturated heterocycles. The van der Waals surface area contributed by atoms with Crippen molar-refractivity contribution in [2.75, 3.05) is 13.6 Å². The van der Waals surface area contributed by atoms with E-state index in [9.17, 15) is 0 Å². The van der Waals surface area contributed by atoms with Crippen LogP contribution in [0.3, 0.4) is 0 Å². The summed E-state index contributed by atoms with van der Waals surface area (Å²) < 4.78 is 0. The molecule has 0 amide bonds. The van der Waals surface area contributed by atoms with E-state index >= 15 is 0 Å². The van der Waals surface area contributed by atoms with E-state index in [1.807, 2.05) is 25.4 Å². The molecule has 2 aromatic rings. The highest BCUT2D eigenvalue weighted by molar-refractivity contribution is 7.10. The lowest BCUT2D eigenvalue weighted by atomic mass is 10.2. The highest BCUT2D eigenvalue weighted by Gasteiger charge is 2.10. The predicted molar refractivity (Wildman–Crippen MR) is 67.7 cm³/mol. The Balaban J connectivity index is 2.20. The van der Waals surface area contributed by atoms with E-state index in [2.05, 4.69) is 27.6 Å². The van der Waals surface area contributed by atoms with Crippen LogP contribution in [0.25, 0.3) is 11.3 Å². The first-order valence-corrected chi connectivity index (χ1v) is 6.19. The standard InChI is InChI=1S/C12H15N3S/c1-9(6-13-2)12-15-11(8-16-12)10-4-3-5-14-7-10/h3-5,7-9,13H,6H2,1-2H3. The molecule has 0 aliphatic heterocycles. The summed E-state index contributed by atoms with van der Waals surface area (Å²) in [6.07, 6.45) is 3.63. The van der Waals surface area contributed by atoms with Crippen LogP contribution < -0.4 is 5.32 Å². The highest BCUT2D eigenvalue weighted by atomic mass is 32.1. The molecule has 0 spiro atoms. The average Bonchev–Trinajstić information content (AvgIpc) is 2.80. The van der Waals surface area contributed by atoms with Crippen molar-refractivity contribution in [2.24, 2.45) is 0 Å². The quantitative estimate of drug-likeness (QED) is 0.881. The predicted octanol–water partition coefficient (Wildman–Crippen LogP) is 2.53. The van der Waals surface area contributed by atoms with Gasteiger partial charge in [0.25, 0.3) is 0 Å². The Morgan fingerprint density at radius 1 is 1.50 bits per heavy atom. The van der Waals surface area contributed by atoms with E-state index in [0.717, 1.165) is 17.8 Å². The lowest BCUT2D eigenvalue weighted by Crippen LogP contribution is -2.14. The summed E-state index contributed by atoms with van der Waals surface area (Å²) in [6.45, 7) is 3.14. The van der Waals surface area contributed by atoms with Crippen molar-refractivity contribution in [1.82, 2.24) is 15.3 Å². The zero-order valence-electron chi connectivity index (χ0n) is 9.47. The number of thiazole rings is 1. The van der Waals surface area contributed by atoms with Crippen LogP contribution in [-0.2, 0) is 0 Å². The minimum absolute atomic E-state index is 0.459. The molecule has 0 saturated carbocycles. The van der Waals surface area contributed by atoms with Crippen LogP contribution in [0.2, 0.25) is 0 Å². The number of pyridine rings is 1. The second kappa shape index (κ2) is 5.18. The SMILES string of the molecule is CNCC(C)c1nc(-c2cccnc2)cs1. The van der Waals surface area contributed by atoms with E-state index in [0.29, 0.717) is 5.92 Å². The van der Waals surface area contributed by atoms with Gasteiger partial charge in [-0.05, 0) is 19.2 Å². The minimum Gasteiger partial charge on any atom is -0.319 e. The first kappa shape index (κ1) is 11.2. The Bertz CT molecular complexity index is 439. The smallest absolute Gasteiger partial charge is 0.0973 e. The molecule has 1 N–H and O–H groups in total. The fraction of sp³-hybridized carbons (Fsp3) is 0.333. The van der Waals surface area contributed by atoms with Crippen molar-refractivity contribution in [3.05, 3.63) is 34.9 Å². The number of likely N-dealkylation sites (N-methyl/N-ethyl adjacent to an activating group) is 1. The van der Waals surface area contributed by atoms with Crippen LogP contribution in [0.15, 0.2) is 29.9 Å². The third kappa shape index (κ3) is 2.46. The topological polar surface area (TPSA) is 37.8 Å². The summed E-state index contributed by atoms with van der Waals surface area (Å²) in [7, 11) is 1.96. The van der Waals surface area contributed by atoms with Gasteiger partial charge in [-0.3, -0.25) is 4.98 Å². The first-order valence-electron chi connectivity index (χ1n) is 5.31. The van der Waals surface area contributed by atoms with Crippen LogP contribution >= 0.6 is 11.3 Å². The maximum Gasteiger partial charge on any atom is 0.0973 e. The van der Waals surface area contributed by atoms with Crippen LogP contribution in [0.4, 0.5) is 0 Å². The molecule has 0 aliphatic rings. The fourth-order valence-electron chi connectivity index (χ4n) is 1.55. The average molecular weight is 233 g/mol. The van der Waals surface area contributed by atoms with Crippen LogP contribution in [0.1, 0.15) is 17.8 Å². The van der Waals surface area contributed by atoms with Crippen molar-refractivity contribution in [3.8, 4) is 11.3 Å². The zero-order chi connectivity index (χ0) is 11.4. The summed E-state index contributed by atoms with van der Waals surface area (Å²) in [4.78, 5) is 8.74. The summed E-state index contributed by atoms with van der Waals surface area (Å²) >= 11 is 1.71. The zero-order valence-corrected chi connectivity index (χ0v) is 10.3. The number of nitrogens with one attached hydrogen (secondary N) is 1. The van der Waals surface area contributed by atoms with E-state index < -0.39 is 0 Å². The third-order valence-electron chi connectivity index (χ3n) is 2.41. The van der Waals surface area contributed by atoms with Gasteiger partial charge in [-0.2, -0.15) is 0 Å². The van der Waals surface area contributed by atoms with Gasteiger partial charge in [0.2, 0.25) is 0 Å². The summed E-state index contributed by atoms with van der Waals surface area (Å²) in [5.41, 5.74) is 2.11. The Kier molecular flexibility index (Phi) is 3.64. The molecule has 1 unspecified atom stereocenters. The molecule has 3 nitrogen and oxygen atoms in total. The van der Waals surface area contributed by atoms with E-state index in [-0.39, 0.29) is 0 Å². The van der Waals surface area contributed by atoms with Crippen LogP contribution in [-0.4, -0.2) is 23.6 Å². The van der Waals surface area contributed by atoms with Gasteiger partial charge in [0.05, 0.1) is 10.7 Å². The molecule has 2 heterocycles. The van der Waals surface area contributed by atoms with Crippen LogP contribution in [0, 0.1) is 0 Å². The van der Waals surface area contributed by atoms with Gasteiger partial charge in [0, 0.05) is 35.8 Å². The summed E-state index contributed by atoms with van der Waals surface area (Å²) in [5.74, 6) is 0.459. The van der Waals surface area contributed by atoms with Crippen molar-refractivity contribution < 1.29 is 0 Å². The number of rotatable bonds is 4. The molecular formula is C12H15N3S. The Morgan fingerprint density at radius 3 is 3.06 bits per heavy atom. The first-order chi connectivity index (χ1) is 7.81. The molecule has 0 aliphatic carbocycles. The fourth-order valence-corrected chi connectivity index (χ4v) is 2.44. The number of nitrogens with zero attached hydrogens (tertiary/aromatic N) is 2. The largest absolute Gasteiger partial charge is 0.319 e. The number of hydrogen-bond donors (Lipinski definition) is 1. The molecule has 0 radical (unpaired) electrons. The molecule has 2 rings (SSSR count). The Labute approximate surface area is 99.6 Å². The van der Waals surface area contributed by atoms with Crippen molar-refractivity contribution in [3.63, 3.8) is 0 Å². The van der Waals surface area contributed by atoms with Crippen molar-refractivity contribution in [1.29, 1.82) is 0 Å². The van der Waals surface area contributed by atoms with E-state index in [1.165, 1.54) is 5.01 Å². The lowest BCUT2D eigenvalue weighted by Gasteiger charge is -2.05. The van der Waals surface area contributed by atoms with Gasteiger partial charge >= 0.3 is 0 Å². The minimum atomic E-state index is 0.459. The maximum absolute atomic E-state index is 4.64. The van der Waals surface area contributed by atoms with Crippen molar-refractivity contribution >= 4 is 11.3 Å². The van der Waals surface area contributed by atoms with Crippen molar-refractivity contribution in [2.45, 2.75) is 12.8 Å². The number of hydrogen-bond acceptors (Lipinski definition) is 4. The molecule has 2 aromatic heterocycles. The summed E-state index contributed by atoms with van der Waals surface area (Å²) in [5, 5.41) is 6.44. The van der Waals surface area contributed by atoms with Crippen LogP contribution in [0.5, 0.6) is 0 Å². The van der Waals surface area contributed by atoms with Gasteiger partial charge < -0.3 is 5.32 Å². The van der Waals surface area contributed by atoms with Gasteiger partial charge in [-0.25, -0.2) is 4.98 Å². The second-order valence-corrected chi connectivity index (χ2v) is 4.66.